The lowest BCUT2D eigenvalue weighted by Crippen LogP contribution is -2.07. The van der Waals surface area contributed by atoms with E-state index in [1.807, 2.05) is 30.5 Å². The van der Waals surface area contributed by atoms with Crippen LogP contribution < -0.4 is 5.73 Å². The van der Waals surface area contributed by atoms with E-state index in [1.54, 1.807) is 12.1 Å². The molecule has 0 radical (unpaired) electrons. The van der Waals surface area contributed by atoms with Crippen LogP contribution in [0.2, 0.25) is 0 Å². The van der Waals surface area contributed by atoms with E-state index < -0.39 is 0 Å². The second-order valence-corrected chi connectivity index (χ2v) is 3.50. The Morgan fingerprint density at radius 2 is 1.87 bits per heavy atom. The lowest BCUT2D eigenvalue weighted by Gasteiger charge is -2.07. The molecule has 0 fully saturated rings. The highest BCUT2D eigenvalue weighted by atomic mass is 16.3. The maximum atomic E-state index is 9.16. The van der Waals surface area contributed by atoms with E-state index in [4.69, 9.17) is 10.8 Å². The molecule has 0 aliphatic rings. The van der Waals surface area contributed by atoms with Crippen molar-refractivity contribution in [3.8, 4) is 5.75 Å². The van der Waals surface area contributed by atoms with Gasteiger partial charge in [-0.05, 0) is 29.8 Å². The van der Waals surface area contributed by atoms with Crippen LogP contribution in [0.15, 0.2) is 42.6 Å². The van der Waals surface area contributed by atoms with Crippen molar-refractivity contribution in [3.63, 3.8) is 0 Å². The molecule has 78 valence electrons. The van der Waals surface area contributed by atoms with Gasteiger partial charge in [-0.3, -0.25) is 0 Å². The smallest absolute Gasteiger partial charge is 0.115 e. The molecule has 3 N–H and O–H groups in total. The summed E-state index contributed by atoms with van der Waals surface area (Å²) in [5.41, 5.74) is 7.88. The molecule has 0 aliphatic carbocycles. The van der Waals surface area contributed by atoms with Crippen LogP contribution in [-0.4, -0.2) is 9.67 Å². The number of aromatic hydroxyl groups is 1. The average molecular weight is 202 g/mol. The normalized spacial score (nSPS) is 10.5. The Labute approximate surface area is 88.8 Å². The second-order valence-electron chi connectivity index (χ2n) is 3.50. The zero-order valence-electron chi connectivity index (χ0n) is 8.43. The van der Waals surface area contributed by atoms with Gasteiger partial charge in [0.05, 0.1) is 0 Å². The number of benzene rings is 1. The number of phenols is 1. The first-order valence-corrected chi connectivity index (χ1v) is 4.91. The zero-order valence-corrected chi connectivity index (χ0v) is 8.43. The van der Waals surface area contributed by atoms with E-state index >= 15 is 0 Å². The topological polar surface area (TPSA) is 51.2 Å². The van der Waals surface area contributed by atoms with Crippen molar-refractivity contribution in [3.05, 3.63) is 53.9 Å². The van der Waals surface area contributed by atoms with Crippen molar-refractivity contribution in [2.75, 3.05) is 0 Å². The summed E-state index contributed by atoms with van der Waals surface area (Å²) < 4.78 is 2.10. The third kappa shape index (κ3) is 2.19. The molecule has 0 saturated carbocycles. The number of rotatable bonds is 3. The van der Waals surface area contributed by atoms with Crippen molar-refractivity contribution in [1.29, 1.82) is 0 Å². The van der Waals surface area contributed by atoms with Gasteiger partial charge in [-0.1, -0.05) is 12.1 Å². The van der Waals surface area contributed by atoms with Crippen LogP contribution in [0.4, 0.5) is 0 Å². The van der Waals surface area contributed by atoms with Gasteiger partial charge in [-0.15, -0.1) is 0 Å². The third-order valence-electron chi connectivity index (χ3n) is 2.42. The average Bonchev–Trinajstić information content (AvgIpc) is 2.69. The van der Waals surface area contributed by atoms with Crippen LogP contribution in [0.25, 0.3) is 0 Å². The number of phenolic OH excluding ortho intramolecular Hbond substituents is 1. The summed E-state index contributed by atoms with van der Waals surface area (Å²) in [4.78, 5) is 0. The van der Waals surface area contributed by atoms with Gasteiger partial charge in [-0.2, -0.15) is 0 Å². The summed E-state index contributed by atoms with van der Waals surface area (Å²) in [6.07, 6.45) is 2.01. The van der Waals surface area contributed by atoms with Gasteiger partial charge in [0, 0.05) is 25.0 Å². The largest absolute Gasteiger partial charge is 0.508 e. The van der Waals surface area contributed by atoms with E-state index in [1.165, 1.54) is 0 Å². The zero-order chi connectivity index (χ0) is 10.7. The summed E-state index contributed by atoms with van der Waals surface area (Å²) in [6.45, 7) is 1.34. The first-order chi connectivity index (χ1) is 7.29. The van der Waals surface area contributed by atoms with Crippen LogP contribution in [0.5, 0.6) is 5.75 Å². The molecular weight excluding hydrogens is 188 g/mol. The SMILES string of the molecule is NCc1cccn1Cc1ccc(O)cc1. The monoisotopic (exact) mass is 202 g/mol. The Bertz CT molecular complexity index is 431. The van der Waals surface area contributed by atoms with E-state index in [2.05, 4.69) is 4.57 Å². The predicted molar refractivity (Wildman–Crippen MR) is 59.5 cm³/mol. The molecule has 15 heavy (non-hydrogen) atoms. The molecule has 1 heterocycles. The van der Waals surface area contributed by atoms with E-state index in [-0.39, 0.29) is 0 Å². The minimum Gasteiger partial charge on any atom is -0.508 e. The summed E-state index contributed by atoms with van der Waals surface area (Å²) in [7, 11) is 0. The summed E-state index contributed by atoms with van der Waals surface area (Å²) >= 11 is 0. The molecular formula is C12H14N2O. The van der Waals surface area contributed by atoms with Crippen molar-refractivity contribution in [1.82, 2.24) is 4.57 Å². The first kappa shape index (κ1) is 9.80. The fraction of sp³-hybridized carbons (Fsp3) is 0.167. The van der Waals surface area contributed by atoms with Crippen LogP contribution in [-0.2, 0) is 13.1 Å². The molecule has 3 heteroatoms. The highest BCUT2D eigenvalue weighted by Gasteiger charge is 1.99. The van der Waals surface area contributed by atoms with Crippen LogP contribution in [0, 0.1) is 0 Å². The Kier molecular flexibility index (Phi) is 2.74. The van der Waals surface area contributed by atoms with Gasteiger partial charge in [0.25, 0.3) is 0 Å². The van der Waals surface area contributed by atoms with Gasteiger partial charge in [0.1, 0.15) is 5.75 Å². The second kappa shape index (κ2) is 4.19. The molecule has 3 nitrogen and oxygen atoms in total. The first-order valence-electron chi connectivity index (χ1n) is 4.91. The molecule has 0 unspecified atom stereocenters. The molecule has 0 bridgehead atoms. The molecule has 1 aromatic carbocycles. The summed E-state index contributed by atoms with van der Waals surface area (Å²) in [6, 6.07) is 11.2. The van der Waals surface area contributed by atoms with Crippen molar-refractivity contribution >= 4 is 0 Å². The number of aromatic nitrogens is 1. The van der Waals surface area contributed by atoms with Gasteiger partial charge in [-0.25, -0.2) is 0 Å². The molecule has 0 atom stereocenters. The number of nitrogens with two attached hydrogens (primary N) is 1. The molecule has 0 amide bonds. The third-order valence-corrected chi connectivity index (χ3v) is 2.42. The molecule has 0 saturated heterocycles. The van der Waals surface area contributed by atoms with Crippen LogP contribution in [0.3, 0.4) is 0 Å². The van der Waals surface area contributed by atoms with Crippen LogP contribution >= 0.6 is 0 Å². The maximum absolute atomic E-state index is 9.16. The summed E-state index contributed by atoms with van der Waals surface area (Å²) in [5.74, 6) is 0.297. The molecule has 0 aliphatic heterocycles. The standard InChI is InChI=1S/C12H14N2O/c13-8-11-2-1-7-14(11)9-10-3-5-12(15)6-4-10/h1-7,15H,8-9,13H2. The van der Waals surface area contributed by atoms with Gasteiger partial charge < -0.3 is 15.4 Å². The highest BCUT2D eigenvalue weighted by Crippen LogP contribution is 2.12. The number of hydrogen-bond acceptors (Lipinski definition) is 2. The highest BCUT2D eigenvalue weighted by molar-refractivity contribution is 5.26. The van der Waals surface area contributed by atoms with Gasteiger partial charge >= 0.3 is 0 Å². The Balaban J connectivity index is 2.18. The Morgan fingerprint density at radius 1 is 1.13 bits per heavy atom. The molecule has 2 rings (SSSR count). The number of nitrogens with zero attached hydrogens (tertiary/aromatic N) is 1. The van der Waals surface area contributed by atoms with Crippen molar-refractivity contribution in [2.45, 2.75) is 13.1 Å². The van der Waals surface area contributed by atoms with Gasteiger partial charge in [0.15, 0.2) is 0 Å². The Morgan fingerprint density at radius 3 is 2.53 bits per heavy atom. The quantitative estimate of drug-likeness (QED) is 0.796. The van der Waals surface area contributed by atoms with Crippen LogP contribution in [0.1, 0.15) is 11.3 Å². The summed E-state index contributed by atoms with van der Waals surface area (Å²) in [5, 5.41) is 9.16. The van der Waals surface area contributed by atoms with Crippen molar-refractivity contribution in [2.24, 2.45) is 5.73 Å². The minimum atomic E-state index is 0.297. The van der Waals surface area contributed by atoms with Crippen molar-refractivity contribution < 1.29 is 5.11 Å². The van der Waals surface area contributed by atoms with Gasteiger partial charge in [0.2, 0.25) is 0 Å². The lowest BCUT2D eigenvalue weighted by atomic mass is 10.2. The lowest BCUT2D eigenvalue weighted by molar-refractivity contribution is 0.475. The fourth-order valence-corrected chi connectivity index (χ4v) is 1.59. The van der Waals surface area contributed by atoms with E-state index in [0.717, 1.165) is 17.8 Å². The molecule has 1 aromatic heterocycles. The fourth-order valence-electron chi connectivity index (χ4n) is 1.59. The van der Waals surface area contributed by atoms with E-state index in [9.17, 15) is 0 Å². The molecule has 0 spiro atoms. The Hall–Kier alpha value is -1.74. The molecule has 2 aromatic rings. The minimum absolute atomic E-state index is 0.297. The van der Waals surface area contributed by atoms with E-state index in [0.29, 0.717) is 12.3 Å². The number of hydrogen-bond donors (Lipinski definition) is 2. The predicted octanol–water partition coefficient (Wildman–Crippen LogP) is 1.70. The maximum Gasteiger partial charge on any atom is 0.115 e.